The minimum atomic E-state index is -3.07. The van der Waals surface area contributed by atoms with E-state index in [-0.39, 0.29) is 16.5 Å². The fraction of sp³-hybridized carbons (Fsp3) is 1.00. The van der Waals surface area contributed by atoms with Crippen LogP contribution in [0.5, 0.6) is 0 Å². The highest BCUT2D eigenvalue weighted by atomic mass is 32.2. The van der Waals surface area contributed by atoms with Crippen molar-refractivity contribution in [2.45, 2.75) is 101 Å². The molecule has 0 aliphatic heterocycles. The Morgan fingerprint density at radius 1 is 0.950 bits per heavy atom. The van der Waals surface area contributed by atoms with Gasteiger partial charge in [0.05, 0.1) is 10.5 Å². The summed E-state index contributed by atoms with van der Waals surface area (Å²) >= 11 is 0. The van der Waals surface area contributed by atoms with Crippen molar-refractivity contribution in [3.05, 3.63) is 0 Å². The van der Waals surface area contributed by atoms with Crippen LogP contribution in [0, 0.1) is 0 Å². The van der Waals surface area contributed by atoms with Gasteiger partial charge in [0.2, 0.25) is 0 Å². The van der Waals surface area contributed by atoms with E-state index in [1.165, 1.54) is 32.1 Å². The molecule has 1 saturated carbocycles. The average molecular weight is 304 g/mol. The maximum Gasteiger partial charge on any atom is 0.157 e. The molecule has 0 aromatic carbocycles. The molecular weight excluding hydrogens is 270 g/mol. The quantitative estimate of drug-likeness (QED) is 0.862. The lowest BCUT2D eigenvalue weighted by atomic mass is 9.98. The van der Waals surface area contributed by atoms with E-state index in [0.29, 0.717) is 6.42 Å². The zero-order valence-electron chi connectivity index (χ0n) is 13.3. The van der Waals surface area contributed by atoms with E-state index in [0.717, 1.165) is 32.1 Å². The van der Waals surface area contributed by atoms with Gasteiger partial charge in [0, 0.05) is 6.04 Å². The van der Waals surface area contributed by atoms with Crippen molar-refractivity contribution >= 4 is 9.84 Å². The highest BCUT2D eigenvalue weighted by Crippen LogP contribution is 2.24. The first-order valence-corrected chi connectivity index (χ1v) is 10.1. The Hall–Kier alpha value is -0.0900. The molecule has 1 rings (SSSR count). The van der Waals surface area contributed by atoms with Crippen LogP contribution >= 0.6 is 0 Å². The van der Waals surface area contributed by atoms with Crippen LogP contribution in [0.4, 0.5) is 0 Å². The Morgan fingerprint density at radius 3 is 1.90 bits per heavy atom. The lowest BCUT2D eigenvalue weighted by molar-refractivity contribution is 0.452. The average Bonchev–Trinajstić information content (AvgIpc) is 2.41. The van der Waals surface area contributed by atoms with E-state index in [1.807, 2.05) is 13.8 Å². The van der Waals surface area contributed by atoms with Gasteiger partial charge in [-0.1, -0.05) is 58.3 Å². The van der Waals surface area contributed by atoms with Crippen LogP contribution in [-0.2, 0) is 9.84 Å². The molecular formula is C16H33NO2S. The SMILES string of the molecule is CCC(C)S(=O)(=O)C1CCCCCCCCCCC1N. The smallest absolute Gasteiger partial charge is 0.157 e. The maximum absolute atomic E-state index is 12.7. The molecule has 1 fully saturated rings. The third kappa shape index (κ3) is 5.36. The van der Waals surface area contributed by atoms with E-state index in [1.54, 1.807) is 0 Å². The van der Waals surface area contributed by atoms with Crippen LogP contribution < -0.4 is 5.73 Å². The number of nitrogens with two attached hydrogens (primary N) is 1. The fourth-order valence-electron chi connectivity index (χ4n) is 3.12. The lowest BCUT2D eigenvalue weighted by Crippen LogP contribution is -2.44. The normalized spacial score (nSPS) is 29.1. The molecule has 3 unspecified atom stereocenters. The number of hydrogen-bond acceptors (Lipinski definition) is 3. The minimum Gasteiger partial charge on any atom is -0.327 e. The molecule has 1 aliphatic carbocycles. The molecule has 0 spiro atoms. The predicted octanol–water partition coefficient (Wildman–Crippen LogP) is 3.81. The van der Waals surface area contributed by atoms with E-state index in [9.17, 15) is 8.42 Å². The van der Waals surface area contributed by atoms with Crippen LogP contribution in [0.15, 0.2) is 0 Å². The van der Waals surface area contributed by atoms with Gasteiger partial charge in [-0.25, -0.2) is 8.42 Å². The van der Waals surface area contributed by atoms with E-state index in [2.05, 4.69) is 0 Å². The molecule has 120 valence electrons. The molecule has 3 nitrogen and oxygen atoms in total. The van der Waals surface area contributed by atoms with Crippen LogP contribution in [0.1, 0.15) is 84.5 Å². The third-order valence-electron chi connectivity index (χ3n) is 4.81. The first-order chi connectivity index (χ1) is 9.50. The minimum absolute atomic E-state index is 0.173. The van der Waals surface area contributed by atoms with Gasteiger partial charge < -0.3 is 5.73 Å². The molecule has 0 saturated heterocycles. The summed E-state index contributed by atoms with van der Waals surface area (Å²) in [4.78, 5) is 0. The third-order valence-corrected chi connectivity index (χ3v) is 7.70. The first kappa shape index (κ1) is 18.0. The molecule has 0 bridgehead atoms. The van der Waals surface area contributed by atoms with Gasteiger partial charge in [0.15, 0.2) is 9.84 Å². The van der Waals surface area contributed by atoms with Crippen molar-refractivity contribution in [1.82, 2.24) is 0 Å². The van der Waals surface area contributed by atoms with Crippen LogP contribution in [0.3, 0.4) is 0 Å². The summed E-state index contributed by atoms with van der Waals surface area (Å²) in [6.07, 6.45) is 11.9. The highest BCUT2D eigenvalue weighted by molar-refractivity contribution is 7.92. The summed E-state index contributed by atoms with van der Waals surface area (Å²) < 4.78 is 25.3. The second-order valence-electron chi connectivity index (χ2n) is 6.42. The summed E-state index contributed by atoms with van der Waals surface area (Å²) in [5, 5.41) is -0.580. The molecule has 2 N–H and O–H groups in total. The Bertz CT molecular complexity index is 353. The first-order valence-electron chi connectivity index (χ1n) is 8.48. The van der Waals surface area contributed by atoms with Gasteiger partial charge in [-0.2, -0.15) is 0 Å². The van der Waals surface area contributed by atoms with Gasteiger partial charge in [-0.3, -0.25) is 0 Å². The largest absolute Gasteiger partial charge is 0.327 e. The van der Waals surface area contributed by atoms with Crippen molar-refractivity contribution in [2.75, 3.05) is 0 Å². The second kappa shape index (κ2) is 9.04. The monoisotopic (exact) mass is 303 g/mol. The van der Waals surface area contributed by atoms with Crippen molar-refractivity contribution in [2.24, 2.45) is 5.73 Å². The molecule has 3 atom stereocenters. The van der Waals surface area contributed by atoms with Crippen molar-refractivity contribution in [3.63, 3.8) is 0 Å². The van der Waals surface area contributed by atoms with E-state index < -0.39 is 9.84 Å². The van der Waals surface area contributed by atoms with Gasteiger partial charge in [-0.15, -0.1) is 0 Å². The van der Waals surface area contributed by atoms with Crippen LogP contribution in [0.25, 0.3) is 0 Å². The van der Waals surface area contributed by atoms with Crippen LogP contribution in [0.2, 0.25) is 0 Å². The molecule has 4 heteroatoms. The number of hydrogen-bond donors (Lipinski definition) is 1. The Morgan fingerprint density at radius 2 is 1.40 bits per heavy atom. The van der Waals surface area contributed by atoms with Crippen molar-refractivity contribution in [3.8, 4) is 0 Å². The highest BCUT2D eigenvalue weighted by Gasteiger charge is 2.34. The van der Waals surface area contributed by atoms with Crippen LogP contribution in [-0.4, -0.2) is 25.0 Å². The zero-order valence-corrected chi connectivity index (χ0v) is 14.1. The molecule has 0 radical (unpaired) electrons. The standard InChI is InChI=1S/C16H33NO2S/c1-3-14(2)20(18,19)16-13-11-9-7-5-4-6-8-10-12-15(16)17/h14-16H,3-13,17H2,1-2H3. The fourth-order valence-corrected chi connectivity index (χ4v) is 5.30. The van der Waals surface area contributed by atoms with E-state index >= 15 is 0 Å². The number of rotatable bonds is 3. The maximum atomic E-state index is 12.7. The Labute approximate surface area is 125 Å². The summed E-state index contributed by atoms with van der Waals surface area (Å²) in [5.41, 5.74) is 6.26. The van der Waals surface area contributed by atoms with Gasteiger partial charge >= 0.3 is 0 Å². The molecule has 0 heterocycles. The molecule has 1 aliphatic rings. The van der Waals surface area contributed by atoms with Gasteiger partial charge in [-0.05, 0) is 26.2 Å². The Balaban J connectivity index is 2.75. The number of sulfone groups is 1. The summed E-state index contributed by atoms with van der Waals surface area (Å²) in [6.45, 7) is 3.78. The molecule has 20 heavy (non-hydrogen) atoms. The lowest BCUT2D eigenvalue weighted by Gasteiger charge is -2.27. The summed E-state index contributed by atoms with van der Waals surface area (Å²) in [7, 11) is -3.07. The van der Waals surface area contributed by atoms with Gasteiger partial charge in [0.1, 0.15) is 0 Å². The summed E-state index contributed by atoms with van der Waals surface area (Å²) in [5.74, 6) is 0. The van der Waals surface area contributed by atoms with E-state index in [4.69, 9.17) is 5.73 Å². The van der Waals surface area contributed by atoms with Crippen molar-refractivity contribution < 1.29 is 8.42 Å². The van der Waals surface area contributed by atoms with Crippen molar-refractivity contribution in [1.29, 1.82) is 0 Å². The van der Waals surface area contributed by atoms with Gasteiger partial charge in [0.25, 0.3) is 0 Å². The molecule has 0 amide bonds. The predicted molar refractivity (Wildman–Crippen MR) is 86.6 cm³/mol. The molecule has 0 aromatic rings. The second-order valence-corrected chi connectivity index (χ2v) is 9.00. The Kier molecular flexibility index (Phi) is 8.11. The zero-order chi connectivity index (χ0) is 15.0. The summed E-state index contributed by atoms with van der Waals surface area (Å²) in [6, 6.07) is -0.173. The molecule has 0 aromatic heterocycles. The topological polar surface area (TPSA) is 60.2 Å².